The summed E-state index contributed by atoms with van der Waals surface area (Å²) in [6.45, 7) is 5.56. The zero-order chi connectivity index (χ0) is 25.6. The number of hydrogen-bond donors (Lipinski definition) is 1. The van der Waals surface area contributed by atoms with Crippen molar-refractivity contribution in [2.24, 2.45) is 0 Å². The van der Waals surface area contributed by atoms with Gasteiger partial charge in [-0.25, -0.2) is 8.42 Å². The van der Waals surface area contributed by atoms with Gasteiger partial charge in [0.05, 0.1) is 24.8 Å². The molecule has 35 heavy (non-hydrogen) atoms. The summed E-state index contributed by atoms with van der Waals surface area (Å²) in [7, 11) is -1.19. The van der Waals surface area contributed by atoms with E-state index in [1.54, 1.807) is 12.1 Å². The lowest BCUT2D eigenvalue weighted by atomic mass is 10.0. The highest BCUT2D eigenvalue weighted by Crippen LogP contribution is 2.32. The molecule has 0 radical (unpaired) electrons. The maximum absolute atomic E-state index is 13.8. The van der Waals surface area contributed by atoms with E-state index in [0.717, 1.165) is 39.5 Å². The Kier molecular flexibility index (Phi) is 8.40. The predicted molar refractivity (Wildman–Crippen MR) is 139 cm³/mol. The normalized spacial score (nSPS) is 11.1. The largest absolute Gasteiger partial charge is 0.493 e. The van der Waals surface area contributed by atoms with Crippen LogP contribution in [0.4, 0.5) is 11.4 Å². The highest BCUT2D eigenvalue weighted by Gasteiger charge is 2.28. The van der Waals surface area contributed by atoms with Crippen LogP contribution in [0.5, 0.6) is 11.5 Å². The SMILES string of the molecule is CCc1cccc(CC)c1NC(=O)CN(c1ccc(C)cc1)S(=O)(=O)c1ccc(OC)c(OC)c1. The number of ether oxygens (including phenoxy) is 2. The van der Waals surface area contributed by atoms with Crippen molar-refractivity contribution in [2.75, 3.05) is 30.4 Å². The van der Waals surface area contributed by atoms with E-state index in [0.29, 0.717) is 11.4 Å². The second-order valence-electron chi connectivity index (χ2n) is 8.07. The van der Waals surface area contributed by atoms with Gasteiger partial charge in [-0.05, 0) is 55.2 Å². The number of benzene rings is 3. The van der Waals surface area contributed by atoms with Crippen molar-refractivity contribution in [1.82, 2.24) is 0 Å². The van der Waals surface area contributed by atoms with E-state index in [2.05, 4.69) is 5.32 Å². The number of hydrogen-bond acceptors (Lipinski definition) is 5. The lowest BCUT2D eigenvalue weighted by Crippen LogP contribution is -2.38. The molecule has 1 N–H and O–H groups in total. The molecule has 0 unspecified atom stereocenters. The van der Waals surface area contributed by atoms with Crippen LogP contribution in [0.15, 0.2) is 65.6 Å². The third kappa shape index (κ3) is 5.77. The van der Waals surface area contributed by atoms with E-state index >= 15 is 0 Å². The van der Waals surface area contributed by atoms with Crippen LogP contribution >= 0.6 is 0 Å². The Labute approximate surface area is 207 Å². The highest BCUT2D eigenvalue weighted by atomic mass is 32.2. The van der Waals surface area contributed by atoms with E-state index < -0.39 is 15.9 Å². The molecule has 7 nitrogen and oxygen atoms in total. The molecule has 0 aliphatic rings. The van der Waals surface area contributed by atoms with Gasteiger partial charge in [-0.1, -0.05) is 49.7 Å². The van der Waals surface area contributed by atoms with E-state index in [-0.39, 0.29) is 17.2 Å². The second kappa shape index (κ2) is 11.3. The molecule has 0 atom stereocenters. The molecule has 0 aliphatic carbocycles. The zero-order valence-corrected chi connectivity index (χ0v) is 21.6. The van der Waals surface area contributed by atoms with Crippen LogP contribution in [-0.4, -0.2) is 35.1 Å². The minimum absolute atomic E-state index is 0.00766. The van der Waals surface area contributed by atoms with Crippen molar-refractivity contribution in [1.29, 1.82) is 0 Å². The fraction of sp³-hybridized carbons (Fsp3) is 0.296. The lowest BCUT2D eigenvalue weighted by Gasteiger charge is -2.25. The van der Waals surface area contributed by atoms with Gasteiger partial charge < -0.3 is 14.8 Å². The number of nitrogens with one attached hydrogen (secondary N) is 1. The smallest absolute Gasteiger partial charge is 0.264 e. The van der Waals surface area contributed by atoms with Gasteiger partial charge in [0.2, 0.25) is 5.91 Å². The first kappa shape index (κ1) is 26.1. The summed E-state index contributed by atoms with van der Waals surface area (Å²) in [5.74, 6) is 0.269. The second-order valence-corrected chi connectivity index (χ2v) is 9.93. The summed E-state index contributed by atoms with van der Waals surface area (Å²) in [4.78, 5) is 13.2. The number of sulfonamides is 1. The molecular formula is C27H32N2O5S. The van der Waals surface area contributed by atoms with E-state index in [9.17, 15) is 13.2 Å². The van der Waals surface area contributed by atoms with Crippen LogP contribution in [-0.2, 0) is 27.7 Å². The van der Waals surface area contributed by atoms with Crippen LogP contribution in [0.3, 0.4) is 0 Å². The maximum Gasteiger partial charge on any atom is 0.264 e. The van der Waals surface area contributed by atoms with Crippen LogP contribution in [0, 0.1) is 6.92 Å². The van der Waals surface area contributed by atoms with Gasteiger partial charge in [-0.3, -0.25) is 9.10 Å². The summed E-state index contributed by atoms with van der Waals surface area (Å²) in [5, 5.41) is 2.97. The number of carbonyl (C=O) groups excluding carboxylic acids is 1. The van der Waals surface area contributed by atoms with Crippen LogP contribution in [0.2, 0.25) is 0 Å². The summed E-state index contributed by atoms with van der Waals surface area (Å²) in [6.07, 6.45) is 1.49. The molecule has 0 bridgehead atoms. The van der Waals surface area contributed by atoms with Crippen molar-refractivity contribution in [3.05, 3.63) is 77.4 Å². The number of methoxy groups -OCH3 is 2. The fourth-order valence-electron chi connectivity index (χ4n) is 3.84. The Morgan fingerprint density at radius 2 is 1.49 bits per heavy atom. The van der Waals surface area contributed by atoms with Gasteiger partial charge in [0.25, 0.3) is 10.0 Å². The number of para-hydroxylation sites is 1. The van der Waals surface area contributed by atoms with Crippen molar-refractivity contribution >= 4 is 27.3 Å². The number of amides is 1. The topological polar surface area (TPSA) is 84.9 Å². The summed E-state index contributed by atoms with van der Waals surface area (Å²) in [6, 6.07) is 17.3. The molecular weight excluding hydrogens is 464 g/mol. The number of anilines is 2. The Balaban J connectivity index is 2.02. The molecule has 3 aromatic carbocycles. The first-order valence-corrected chi connectivity index (χ1v) is 12.9. The summed E-state index contributed by atoms with van der Waals surface area (Å²) in [5.41, 5.74) is 4.12. The first-order chi connectivity index (χ1) is 16.7. The van der Waals surface area contributed by atoms with E-state index in [1.165, 1.54) is 32.4 Å². The lowest BCUT2D eigenvalue weighted by molar-refractivity contribution is -0.114. The van der Waals surface area contributed by atoms with Crippen molar-refractivity contribution < 1.29 is 22.7 Å². The van der Waals surface area contributed by atoms with Crippen LogP contribution in [0.1, 0.15) is 30.5 Å². The average molecular weight is 497 g/mol. The summed E-state index contributed by atoms with van der Waals surface area (Å²) >= 11 is 0. The first-order valence-electron chi connectivity index (χ1n) is 11.5. The van der Waals surface area contributed by atoms with E-state index in [4.69, 9.17) is 9.47 Å². The maximum atomic E-state index is 13.8. The van der Waals surface area contributed by atoms with Gasteiger partial charge in [0.15, 0.2) is 11.5 Å². The van der Waals surface area contributed by atoms with Gasteiger partial charge in [-0.2, -0.15) is 0 Å². The van der Waals surface area contributed by atoms with Crippen molar-refractivity contribution in [3.8, 4) is 11.5 Å². The molecule has 8 heteroatoms. The van der Waals surface area contributed by atoms with Crippen molar-refractivity contribution in [2.45, 2.75) is 38.5 Å². The molecule has 1 amide bonds. The fourth-order valence-corrected chi connectivity index (χ4v) is 5.28. The number of nitrogens with zero attached hydrogens (tertiary/aromatic N) is 1. The van der Waals surface area contributed by atoms with Gasteiger partial charge in [-0.15, -0.1) is 0 Å². The van der Waals surface area contributed by atoms with Crippen LogP contribution < -0.4 is 19.1 Å². The Morgan fingerprint density at radius 3 is 2.03 bits per heavy atom. The molecule has 0 spiro atoms. The molecule has 0 saturated heterocycles. The van der Waals surface area contributed by atoms with Crippen LogP contribution in [0.25, 0.3) is 0 Å². The molecule has 0 aliphatic heterocycles. The standard InChI is InChI=1S/C27H32N2O5S/c1-6-20-9-8-10-21(7-2)27(20)28-26(30)18-29(22-13-11-19(3)12-14-22)35(31,32)23-15-16-24(33-4)25(17-23)34-5/h8-17H,6-7,18H2,1-5H3,(H,28,30). The Bertz CT molecular complexity index is 1270. The van der Waals surface area contributed by atoms with Gasteiger partial charge in [0, 0.05) is 11.8 Å². The Morgan fingerprint density at radius 1 is 0.886 bits per heavy atom. The molecule has 186 valence electrons. The molecule has 0 fully saturated rings. The number of carbonyl (C=O) groups is 1. The minimum Gasteiger partial charge on any atom is -0.493 e. The molecule has 3 rings (SSSR count). The number of aryl methyl sites for hydroxylation is 3. The third-order valence-corrected chi connectivity index (χ3v) is 7.59. The quantitative estimate of drug-likeness (QED) is 0.428. The summed E-state index contributed by atoms with van der Waals surface area (Å²) < 4.78 is 39.2. The monoisotopic (exact) mass is 496 g/mol. The average Bonchev–Trinajstić information content (AvgIpc) is 2.87. The van der Waals surface area contributed by atoms with Crippen molar-refractivity contribution in [3.63, 3.8) is 0 Å². The molecule has 0 heterocycles. The number of rotatable bonds is 10. The minimum atomic E-state index is -4.11. The van der Waals surface area contributed by atoms with Gasteiger partial charge >= 0.3 is 0 Å². The predicted octanol–water partition coefficient (Wildman–Crippen LogP) is 4.97. The van der Waals surface area contributed by atoms with E-state index in [1.807, 2.05) is 51.1 Å². The highest BCUT2D eigenvalue weighted by molar-refractivity contribution is 7.92. The zero-order valence-electron chi connectivity index (χ0n) is 20.8. The molecule has 3 aromatic rings. The molecule has 0 saturated carbocycles. The van der Waals surface area contributed by atoms with Gasteiger partial charge in [0.1, 0.15) is 6.54 Å². The third-order valence-electron chi connectivity index (χ3n) is 5.82. The Hall–Kier alpha value is -3.52. The molecule has 0 aromatic heterocycles.